The average molecular weight is 443 g/mol. The summed E-state index contributed by atoms with van der Waals surface area (Å²) in [4.78, 5) is 25.9. The molecule has 2 aromatic carbocycles. The van der Waals surface area contributed by atoms with Crippen molar-refractivity contribution in [3.8, 4) is 17.6 Å². The van der Waals surface area contributed by atoms with Crippen LogP contribution in [0.1, 0.15) is 40.0 Å². The second-order valence-corrected chi connectivity index (χ2v) is 7.15. The molecule has 4 rings (SSSR count). The van der Waals surface area contributed by atoms with E-state index in [1.165, 1.54) is 28.8 Å². The summed E-state index contributed by atoms with van der Waals surface area (Å²) >= 11 is 0. The van der Waals surface area contributed by atoms with Gasteiger partial charge in [0.1, 0.15) is 23.7 Å². The van der Waals surface area contributed by atoms with Crippen LogP contribution in [0.15, 0.2) is 41.2 Å². The number of amides is 1. The number of aromatic nitrogens is 1. The Morgan fingerprint density at radius 1 is 1.28 bits per heavy atom. The van der Waals surface area contributed by atoms with Crippen LogP contribution in [0.2, 0.25) is 0 Å². The van der Waals surface area contributed by atoms with Gasteiger partial charge in [0, 0.05) is 6.54 Å². The molecule has 2 N–H and O–H groups in total. The number of hydrogen-bond donors (Lipinski definition) is 2. The van der Waals surface area contributed by atoms with Crippen molar-refractivity contribution >= 4 is 16.8 Å². The number of rotatable bonds is 3. The molecule has 0 fully saturated rings. The standard InChI is InChI=1S/C22H16F3N3O4/c1-2-27-20(30)17-19(29)16-12(9-26)5-8-15-18(16)28(21(17)31)14(10-32-15)11-3-6-13(7-4-11)22(23,24)25/h3-8,14,29H,2,10H2,1H3,(H,27,30). The number of carbonyl (C=O) groups is 1. The minimum atomic E-state index is -4.52. The highest BCUT2D eigenvalue weighted by Crippen LogP contribution is 2.40. The largest absolute Gasteiger partial charge is 0.506 e. The van der Waals surface area contributed by atoms with Gasteiger partial charge in [-0.05, 0) is 36.8 Å². The Kier molecular flexibility index (Phi) is 5.05. The molecule has 32 heavy (non-hydrogen) atoms. The zero-order valence-electron chi connectivity index (χ0n) is 16.7. The molecule has 1 atom stereocenters. The van der Waals surface area contributed by atoms with Crippen molar-refractivity contribution < 1.29 is 27.8 Å². The summed E-state index contributed by atoms with van der Waals surface area (Å²) in [5, 5.41) is 22.7. The maximum absolute atomic E-state index is 13.4. The second-order valence-electron chi connectivity index (χ2n) is 7.15. The first-order chi connectivity index (χ1) is 15.2. The molecule has 0 saturated heterocycles. The molecular formula is C22H16F3N3O4. The number of hydrogen-bond acceptors (Lipinski definition) is 5. The van der Waals surface area contributed by atoms with Crippen LogP contribution in [0.4, 0.5) is 13.2 Å². The van der Waals surface area contributed by atoms with Gasteiger partial charge in [-0.3, -0.25) is 14.2 Å². The van der Waals surface area contributed by atoms with Gasteiger partial charge in [-0.1, -0.05) is 12.1 Å². The Hall–Kier alpha value is -4.00. The Morgan fingerprint density at radius 3 is 2.56 bits per heavy atom. The van der Waals surface area contributed by atoms with Crippen LogP contribution in [0.5, 0.6) is 11.5 Å². The fourth-order valence-electron chi connectivity index (χ4n) is 3.84. The summed E-state index contributed by atoms with van der Waals surface area (Å²) in [5.74, 6) is -1.27. The summed E-state index contributed by atoms with van der Waals surface area (Å²) in [6, 6.07) is 8.14. The highest BCUT2D eigenvalue weighted by Gasteiger charge is 2.34. The Balaban J connectivity index is 2.03. The number of nitrogens with one attached hydrogen (secondary N) is 1. The Bertz CT molecular complexity index is 1340. The van der Waals surface area contributed by atoms with Gasteiger partial charge in [0.05, 0.1) is 34.1 Å². The number of nitrogens with zero attached hydrogens (tertiary/aromatic N) is 2. The lowest BCUT2D eigenvalue weighted by molar-refractivity contribution is -0.137. The van der Waals surface area contributed by atoms with E-state index >= 15 is 0 Å². The van der Waals surface area contributed by atoms with E-state index in [1.807, 2.05) is 6.07 Å². The summed E-state index contributed by atoms with van der Waals surface area (Å²) in [6.45, 7) is 1.72. The van der Waals surface area contributed by atoms with Gasteiger partial charge in [-0.15, -0.1) is 0 Å². The maximum atomic E-state index is 13.4. The van der Waals surface area contributed by atoms with Crippen molar-refractivity contribution in [3.63, 3.8) is 0 Å². The molecule has 7 nitrogen and oxygen atoms in total. The summed E-state index contributed by atoms with van der Waals surface area (Å²) in [6.07, 6.45) is -4.52. The van der Waals surface area contributed by atoms with Crippen molar-refractivity contribution in [1.29, 1.82) is 5.26 Å². The maximum Gasteiger partial charge on any atom is 0.416 e. The molecule has 1 aliphatic rings. The van der Waals surface area contributed by atoms with Crippen LogP contribution in [0, 0.1) is 11.3 Å². The van der Waals surface area contributed by atoms with Crippen LogP contribution >= 0.6 is 0 Å². The number of pyridine rings is 1. The third-order valence-electron chi connectivity index (χ3n) is 5.30. The number of carbonyl (C=O) groups excluding carboxylic acids is 1. The van der Waals surface area contributed by atoms with Crippen LogP contribution in [-0.2, 0) is 6.18 Å². The van der Waals surface area contributed by atoms with Gasteiger partial charge >= 0.3 is 6.18 Å². The molecule has 0 spiro atoms. The van der Waals surface area contributed by atoms with E-state index in [-0.39, 0.29) is 35.4 Å². The third kappa shape index (κ3) is 3.22. The van der Waals surface area contributed by atoms with Crippen molar-refractivity contribution in [2.45, 2.75) is 19.1 Å². The van der Waals surface area contributed by atoms with Gasteiger partial charge in [0.2, 0.25) is 0 Å². The normalized spacial score (nSPS) is 15.2. The Morgan fingerprint density at radius 2 is 1.97 bits per heavy atom. The molecule has 10 heteroatoms. The smallest absolute Gasteiger partial charge is 0.416 e. The number of alkyl halides is 3. The van der Waals surface area contributed by atoms with Gasteiger partial charge in [0.25, 0.3) is 11.5 Å². The first-order valence-corrected chi connectivity index (χ1v) is 9.61. The van der Waals surface area contributed by atoms with E-state index in [0.717, 1.165) is 12.1 Å². The van der Waals surface area contributed by atoms with E-state index < -0.39 is 40.6 Å². The molecule has 164 valence electrons. The number of aromatic hydroxyl groups is 1. The van der Waals surface area contributed by atoms with Gasteiger partial charge in [0.15, 0.2) is 0 Å². The molecule has 0 saturated carbocycles. The fraction of sp³-hybridized carbons (Fsp3) is 0.227. The predicted octanol–water partition coefficient (Wildman–Crippen LogP) is 3.33. The van der Waals surface area contributed by atoms with Crippen molar-refractivity contribution in [2.75, 3.05) is 13.2 Å². The molecular weight excluding hydrogens is 427 g/mol. The molecule has 1 aromatic heterocycles. The molecule has 1 amide bonds. The number of nitriles is 1. The molecule has 1 unspecified atom stereocenters. The summed E-state index contributed by atoms with van der Waals surface area (Å²) in [5.41, 5.74) is -1.80. The van der Waals surface area contributed by atoms with Crippen LogP contribution in [0.3, 0.4) is 0 Å². The second kappa shape index (κ2) is 7.60. The van der Waals surface area contributed by atoms with E-state index in [9.17, 15) is 33.1 Å². The molecule has 0 radical (unpaired) electrons. The quantitative estimate of drug-likeness (QED) is 0.646. The lowest BCUT2D eigenvalue weighted by Crippen LogP contribution is -2.38. The van der Waals surface area contributed by atoms with E-state index in [1.54, 1.807) is 6.92 Å². The fourth-order valence-corrected chi connectivity index (χ4v) is 3.84. The number of benzene rings is 2. The topological polar surface area (TPSA) is 104 Å². The Labute approximate surface area is 179 Å². The molecule has 0 bridgehead atoms. The van der Waals surface area contributed by atoms with Crippen molar-refractivity contribution in [2.24, 2.45) is 0 Å². The summed E-state index contributed by atoms with van der Waals surface area (Å²) in [7, 11) is 0. The van der Waals surface area contributed by atoms with E-state index in [4.69, 9.17) is 4.74 Å². The third-order valence-corrected chi connectivity index (χ3v) is 5.30. The van der Waals surface area contributed by atoms with Crippen molar-refractivity contribution in [3.05, 3.63) is 69.0 Å². The van der Waals surface area contributed by atoms with Crippen LogP contribution < -0.4 is 15.6 Å². The predicted molar refractivity (Wildman–Crippen MR) is 108 cm³/mol. The number of halogens is 3. The SMILES string of the molecule is CCNC(=O)c1c(O)c2c(C#N)ccc3c2n(c1=O)C(c1ccc(C(F)(F)F)cc1)CO3. The van der Waals surface area contributed by atoms with Gasteiger partial charge in [-0.2, -0.15) is 18.4 Å². The van der Waals surface area contributed by atoms with E-state index in [2.05, 4.69) is 5.32 Å². The van der Waals surface area contributed by atoms with Crippen molar-refractivity contribution in [1.82, 2.24) is 9.88 Å². The van der Waals surface area contributed by atoms with Crippen LogP contribution in [0.25, 0.3) is 10.9 Å². The average Bonchev–Trinajstić information content (AvgIpc) is 2.76. The molecule has 1 aliphatic heterocycles. The highest BCUT2D eigenvalue weighted by atomic mass is 19.4. The van der Waals surface area contributed by atoms with Crippen LogP contribution in [-0.4, -0.2) is 28.7 Å². The summed E-state index contributed by atoms with van der Waals surface area (Å²) < 4.78 is 45.8. The minimum absolute atomic E-state index is 0.0113. The monoisotopic (exact) mass is 443 g/mol. The first-order valence-electron chi connectivity index (χ1n) is 9.61. The molecule has 2 heterocycles. The molecule has 3 aromatic rings. The van der Waals surface area contributed by atoms with E-state index in [0.29, 0.717) is 5.56 Å². The van der Waals surface area contributed by atoms with Gasteiger partial charge < -0.3 is 15.2 Å². The van der Waals surface area contributed by atoms with Gasteiger partial charge in [-0.25, -0.2) is 0 Å². The number of ether oxygens (including phenoxy) is 1. The molecule has 0 aliphatic carbocycles. The lowest BCUT2D eigenvalue weighted by Gasteiger charge is -2.30. The zero-order chi connectivity index (χ0) is 23.2. The first kappa shape index (κ1) is 21.2. The zero-order valence-corrected chi connectivity index (χ0v) is 16.7. The highest BCUT2D eigenvalue weighted by molar-refractivity contribution is 6.05. The minimum Gasteiger partial charge on any atom is -0.506 e. The lowest BCUT2D eigenvalue weighted by atomic mass is 9.98.